The molecule has 0 saturated heterocycles. The van der Waals surface area contributed by atoms with Gasteiger partial charge in [0.05, 0.1) is 6.33 Å². The zero-order chi connectivity index (χ0) is 31.0. The number of nitrogens with zero attached hydrogens (tertiary/aromatic N) is 3. The van der Waals surface area contributed by atoms with Crippen LogP contribution in [0, 0.1) is 0 Å². The average molecular weight is 591 g/mol. The lowest BCUT2D eigenvalue weighted by Crippen LogP contribution is -2.39. The lowest BCUT2D eigenvalue weighted by molar-refractivity contribution is 0.0531. The van der Waals surface area contributed by atoms with Crippen molar-refractivity contribution < 1.29 is 18.7 Å². The Balaban J connectivity index is 1.44. The largest absolute Gasteiger partial charge is 0.489 e. The second-order valence-corrected chi connectivity index (χ2v) is 11.2. The summed E-state index contributed by atoms with van der Waals surface area (Å²) < 4.78 is 26.5. The van der Waals surface area contributed by atoms with Crippen LogP contribution in [-0.4, -0.2) is 39.6 Å². The van der Waals surface area contributed by atoms with Gasteiger partial charge in [0.25, 0.3) is 0 Å². The fourth-order valence-corrected chi connectivity index (χ4v) is 5.09. The first kappa shape index (κ1) is 30.2. The van der Waals surface area contributed by atoms with Crippen molar-refractivity contribution in [3.8, 4) is 17.1 Å². The van der Waals surface area contributed by atoms with Crippen molar-refractivity contribution in [3.63, 3.8) is 0 Å². The minimum absolute atomic E-state index is 0.0346. The number of rotatable bonds is 10. The maximum Gasteiger partial charge on any atom is 0.407 e. The van der Waals surface area contributed by atoms with Crippen molar-refractivity contribution in [2.45, 2.75) is 31.9 Å². The second-order valence-electron chi connectivity index (χ2n) is 11.2. The van der Waals surface area contributed by atoms with Crippen LogP contribution in [0.25, 0.3) is 11.4 Å². The Morgan fingerprint density at radius 2 is 1.34 bits per heavy atom. The molecule has 4 aromatic carbocycles. The van der Waals surface area contributed by atoms with Gasteiger partial charge in [0.2, 0.25) is 0 Å². The third kappa shape index (κ3) is 6.70. The van der Waals surface area contributed by atoms with Crippen LogP contribution in [0.4, 0.5) is 9.18 Å². The van der Waals surface area contributed by atoms with Crippen LogP contribution in [0.5, 0.6) is 5.75 Å². The zero-order valence-corrected chi connectivity index (χ0v) is 25.0. The summed E-state index contributed by atoms with van der Waals surface area (Å²) in [7, 11) is 0. The van der Waals surface area contributed by atoms with Crippen LogP contribution in [0.3, 0.4) is 0 Å². The fourth-order valence-electron chi connectivity index (χ4n) is 5.09. The van der Waals surface area contributed by atoms with Gasteiger partial charge in [-0.15, -0.1) is 0 Å². The Labute approximate surface area is 257 Å². The molecule has 0 atom stereocenters. The molecule has 1 heterocycles. The van der Waals surface area contributed by atoms with Crippen molar-refractivity contribution >= 4 is 6.09 Å². The third-order valence-electron chi connectivity index (χ3n) is 6.99. The normalized spacial score (nSPS) is 12.0. The molecule has 0 saturated carbocycles. The predicted octanol–water partition coefficient (Wildman–Crippen LogP) is 7.54. The molecule has 7 nitrogen and oxygen atoms in total. The molecule has 0 aliphatic carbocycles. The van der Waals surface area contributed by atoms with Gasteiger partial charge in [0, 0.05) is 17.7 Å². The zero-order valence-electron chi connectivity index (χ0n) is 25.0. The first-order valence-corrected chi connectivity index (χ1v) is 14.4. The first-order chi connectivity index (χ1) is 21.3. The van der Waals surface area contributed by atoms with Gasteiger partial charge in [-0.3, -0.25) is 0 Å². The van der Waals surface area contributed by atoms with E-state index in [-0.39, 0.29) is 18.7 Å². The van der Waals surface area contributed by atoms with Crippen LogP contribution in [0.1, 0.15) is 37.5 Å². The van der Waals surface area contributed by atoms with E-state index >= 15 is 0 Å². The molecule has 1 aromatic heterocycles. The number of halogens is 1. The van der Waals surface area contributed by atoms with Crippen LogP contribution in [0.2, 0.25) is 0 Å². The Morgan fingerprint density at radius 3 is 1.82 bits per heavy atom. The molecule has 1 amide bonds. The monoisotopic (exact) mass is 590 g/mol. The number of carbonyl (C=O) groups excluding carboxylic acids is 1. The van der Waals surface area contributed by atoms with E-state index in [4.69, 9.17) is 19.6 Å². The van der Waals surface area contributed by atoms with E-state index in [0.29, 0.717) is 17.9 Å². The van der Waals surface area contributed by atoms with Gasteiger partial charge >= 0.3 is 6.09 Å². The Hall–Kier alpha value is -5.24. The molecule has 5 aromatic rings. The van der Waals surface area contributed by atoms with Gasteiger partial charge in [-0.1, -0.05) is 91.0 Å². The number of amides is 1. The molecule has 0 aliphatic heterocycles. The SMILES string of the molecule is CC(C)(C)OC(=O)NCC(=CF)COc1ccc(-c2ncnn2C(c2ccccc2)(c2ccccc2)c2ccccc2)cc1. The van der Waals surface area contributed by atoms with Gasteiger partial charge in [-0.25, -0.2) is 18.9 Å². The molecule has 0 spiro atoms. The molecule has 1 N–H and O–H groups in total. The summed E-state index contributed by atoms with van der Waals surface area (Å²) in [4.78, 5) is 16.6. The van der Waals surface area contributed by atoms with Crippen molar-refractivity contribution in [3.05, 3.63) is 150 Å². The second kappa shape index (κ2) is 13.4. The maximum atomic E-state index is 13.5. The number of hydrogen-bond donors (Lipinski definition) is 1. The van der Waals surface area contributed by atoms with Gasteiger partial charge in [-0.05, 0) is 61.7 Å². The highest BCUT2D eigenvalue weighted by Crippen LogP contribution is 2.42. The van der Waals surface area contributed by atoms with Crippen molar-refractivity contribution in [1.29, 1.82) is 0 Å². The average Bonchev–Trinajstić information content (AvgIpc) is 3.53. The molecular formula is C36H35FN4O3. The van der Waals surface area contributed by atoms with Gasteiger partial charge in [0.15, 0.2) is 5.82 Å². The minimum atomic E-state index is -0.813. The lowest BCUT2D eigenvalue weighted by Gasteiger charge is -2.37. The highest BCUT2D eigenvalue weighted by molar-refractivity contribution is 5.68. The van der Waals surface area contributed by atoms with Gasteiger partial charge < -0.3 is 14.8 Å². The predicted molar refractivity (Wildman–Crippen MR) is 169 cm³/mol. The molecule has 0 radical (unpaired) electrons. The van der Waals surface area contributed by atoms with Crippen LogP contribution >= 0.6 is 0 Å². The number of carbonyl (C=O) groups is 1. The van der Waals surface area contributed by atoms with E-state index < -0.39 is 17.2 Å². The van der Waals surface area contributed by atoms with Gasteiger partial charge in [-0.2, -0.15) is 5.10 Å². The number of alkyl carbamates (subject to hydrolysis) is 1. The van der Waals surface area contributed by atoms with E-state index in [0.717, 1.165) is 22.3 Å². The highest BCUT2D eigenvalue weighted by atomic mass is 19.1. The number of ether oxygens (including phenoxy) is 2. The van der Waals surface area contributed by atoms with Crippen LogP contribution in [-0.2, 0) is 10.3 Å². The molecule has 0 unspecified atom stereocenters. The van der Waals surface area contributed by atoms with E-state index in [9.17, 15) is 9.18 Å². The number of hydrogen-bond acceptors (Lipinski definition) is 5. The Bertz CT molecular complexity index is 1580. The first-order valence-electron chi connectivity index (χ1n) is 14.4. The van der Waals surface area contributed by atoms with Crippen LogP contribution < -0.4 is 10.1 Å². The standard InChI is InChI=1S/C36H35FN4O3/c1-35(2,3)44-34(42)38-24-27(23-37)25-43-32-21-19-28(20-22-32)33-39-26-40-41(33)36(29-13-7-4-8-14-29,30-15-9-5-10-16-30)31-17-11-6-12-18-31/h4-23,26H,24-25H2,1-3H3,(H,38,42). The topological polar surface area (TPSA) is 78.3 Å². The number of aromatic nitrogens is 3. The maximum absolute atomic E-state index is 13.5. The minimum Gasteiger partial charge on any atom is -0.489 e. The van der Waals surface area contributed by atoms with E-state index in [1.54, 1.807) is 39.2 Å². The highest BCUT2D eigenvalue weighted by Gasteiger charge is 2.41. The molecular weight excluding hydrogens is 555 g/mol. The number of benzene rings is 4. The molecule has 0 bridgehead atoms. The summed E-state index contributed by atoms with van der Waals surface area (Å²) in [5, 5.41) is 7.37. The molecule has 0 fully saturated rings. The van der Waals surface area contributed by atoms with E-state index in [1.807, 2.05) is 71.4 Å². The summed E-state index contributed by atoms with van der Waals surface area (Å²) in [5.74, 6) is 1.20. The van der Waals surface area contributed by atoms with Gasteiger partial charge in [0.1, 0.15) is 29.8 Å². The van der Waals surface area contributed by atoms with Crippen molar-refractivity contribution in [1.82, 2.24) is 20.1 Å². The van der Waals surface area contributed by atoms with Crippen molar-refractivity contribution in [2.24, 2.45) is 0 Å². The van der Waals surface area contributed by atoms with E-state index in [2.05, 4.69) is 41.7 Å². The molecule has 224 valence electrons. The molecule has 8 heteroatoms. The summed E-state index contributed by atoms with van der Waals surface area (Å²) >= 11 is 0. The Kier molecular flexibility index (Phi) is 9.19. The summed E-state index contributed by atoms with van der Waals surface area (Å²) in [5.41, 5.74) is 2.74. The Morgan fingerprint density at radius 1 is 0.818 bits per heavy atom. The smallest absolute Gasteiger partial charge is 0.407 e. The summed E-state index contributed by atoms with van der Waals surface area (Å²) in [6, 6.07) is 38.2. The van der Waals surface area contributed by atoms with Crippen LogP contribution in [0.15, 0.2) is 133 Å². The third-order valence-corrected chi connectivity index (χ3v) is 6.99. The van der Waals surface area contributed by atoms with E-state index in [1.165, 1.54) is 0 Å². The molecule has 44 heavy (non-hydrogen) atoms. The molecule has 0 aliphatic rings. The van der Waals surface area contributed by atoms with Crippen molar-refractivity contribution in [2.75, 3.05) is 13.2 Å². The quantitative estimate of drug-likeness (QED) is 0.170. The summed E-state index contributed by atoms with van der Waals surface area (Å²) in [6.45, 7) is 5.21. The fraction of sp³-hybridized carbons (Fsp3) is 0.194. The lowest BCUT2D eigenvalue weighted by atomic mass is 9.77. The summed E-state index contributed by atoms with van der Waals surface area (Å²) in [6.07, 6.45) is 1.38. The number of nitrogens with one attached hydrogen (secondary N) is 1. The molecule has 5 rings (SSSR count).